The van der Waals surface area contributed by atoms with E-state index in [0.717, 1.165) is 51.8 Å². The Balaban J connectivity index is 1.12. The first kappa shape index (κ1) is 49.3. The molecule has 2 aliphatic carbocycles. The van der Waals surface area contributed by atoms with Crippen LogP contribution in [0.3, 0.4) is 0 Å². The molecule has 0 radical (unpaired) electrons. The Labute approximate surface area is 464 Å². The number of fused-ring (bicyclic) bond motifs is 11. The highest BCUT2D eigenvalue weighted by Gasteiger charge is 2.61. The van der Waals surface area contributed by atoms with Gasteiger partial charge in [0.1, 0.15) is 11.2 Å². The van der Waals surface area contributed by atoms with E-state index in [-0.39, 0.29) is 39.3 Å². The molecule has 1 saturated carbocycles. The summed E-state index contributed by atoms with van der Waals surface area (Å²) in [4.78, 5) is 8.16. The van der Waals surface area contributed by atoms with Crippen molar-refractivity contribution in [1.29, 1.82) is 0 Å². The number of aryl methyl sites for hydroxylation is 1. The molecule has 5 heteroatoms. The van der Waals surface area contributed by atoms with Gasteiger partial charge >= 0.3 is 0 Å². The van der Waals surface area contributed by atoms with Gasteiger partial charge in [0.25, 0.3) is 6.71 Å². The Hall–Kier alpha value is -6.98. The molecule has 0 N–H and O–H groups in total. The molecule has 14 rings (SSSR count). The summed E-state index contributed by atoms with van der Waals surface area (Å²) in [5, 5.41) is 2.23. The predicted octanol–water partition coefficient (Wildman–Crippen LogP) is 18.3. The molecule has 2 atom stereocenters. The van der Waals surface area contributed by atoms with Crippen LogP contribution in [0.25, 0.3) is 33.1 Å². The van der Waals surface area contributed by atoms with Crippen molar-refractivity contribution in [1.82, 2.24) is 0 Å². The quantitative estimate of drug-likeness (QED) is 0.160. The third kappa shape index (κ3) is 6.97. The third-order valence-corrected chi connectivity index (χ3v) is 20.2. The first-order valence-corrected chi connectivity index (χ1v) is 29.2. The van der Waals surface area contributed by atoms with E-state index < -0.39 is 0 Å². The van der Waals surface area contributed by atoms with Gasteiger partial charge in [0.05, 0.1) is 22.3 Å². The van der Waals surface area contributed by atoms with Crippen LogP contribution in [0.15, 0.2) is 156 Å². The largest absolute Gasteiger partial charge is 0.456 e. The molecule has 0 saturated heterocycles. The van der Waals surface area contributed by atoms with Gasteiger partial charge in [-0.05, 0) is 183 Å². The van der Waals surface area contributed by atoms with Crippen LogP contribution in [-0.4, -0.2) is 12.3 Å². The van der Waals surface area contributed by atoms with Gasteiger partial charge in [0.15, 0.2) is 0 Å². The monoisotopic (exact) mass is 1020 g/mol. The summed E-state index contributed by atoms with van der Waals surface area (Å²) in [6.45, 7) is 31.7. The fraction of sp³-hybridized carbons (Fsp3) is 0.342. The van der Waals surface area contributed by atoms with Crippen molar-refractivity contribution in [3.63, 3.8) is 0 Å². The summed E-state index contributed by atoms with van der Waals surface area (Å²) in [6.07, 6.45) is 7.15. The van der Waals surface area contributed by atoms with Gasteiger partial charge in [-0.25, -0.2) is 0 Å². The molecule has 4 heterocycles. The van der Waals surface area contributed by atoms with E-state index in [0.29, 0.717) is 0 Å². The fourth-order valence-corrected chi connectivity index (χ4v) is 15.4. The molecule has 1 aromatic heterocycles. The van der Waals surface area contributed by atoms with Crippen molar-refractivity contribution >= 4 is 90.5 Å². The van der Waals surface area contributed by atoms with Gasteiger partial charge < -0.3 is 19.1 Å². The summed E-state index contributed by atoms with van der Waals surface area (Å²) in [5.74, 6) is 0. The first-order valence-electron chi connectivity index (χ1n) is 29.2. The molecule has 9 aromatic rings. The molecule has 2 unspecified atom stereocenters. The zero-order valence-corrected chi connectivity index (χ0v) is 48.5. The number of benzene rings is 8. The summed E-state index contributed by atoms with van der Waals surface area (Å²) < 4.78 is 6.67. The maximum atomic E-state index is 6.67. The lowest BCUT2D eigenvalue weighted by Gasteiger charge is -2.53. The Bertz CT molecular complexity index is 3960. The van der Waals surface area contributed by atoms with Crippen LogP contribution in [0.2, 0.25) is 0 Å². The summed E-state index contributed by atoms with van der Waals surface area (Å²) in [6, 6.07) is 58.9. The average molecular weight is 1020 g/mol. The van der Waals surface area contributed by atoms with Crippen molar-refractivity contribution in [2.75, 3.05) is 14.7 Å². The molecular formula is C73H76BN3O. The second kappa shape index (κ2) is 16.5. The Morgan fingerprint density at radius 2 is 1.18 bits per heavy atom. The summed E-state index contributed by atoms with van der Waals surface area (Å²) in [7, 11) is 0. The molecule has 5 aliphatic rings. The Kier molecular flexibility index (Phi) is 10.5. The normalized spacial score (nSPS) is 20.6. The van der Waals surface area contributed by atoms with Gasteiger partial charge in [-0.3, -0.25) is 0 Å². The van der Waals surface area contributed by atoms with Crippen LogP contribution in [0.1, 0.15) is 155 Å². The van der Waals surface area contributed by atoms with E-state index in [4.69, 9.17) is 4.42 Å². The minimum absolute atomic E-state index is 0.00259. The number of para-hydroxylation sites is 1. The highest BCUT2D eigenvalue weighted by Crippen LogP contribution is 2.63. The van der Waals surface area contributed by atoms with Crippen molar-refractivity contribution in [2.24, 2.45) is 0 Å². The third-order valence-electron chi connectivity index (χ3n) is 20.2. The number of anilines is 8. The van der Waals surface area contributed by atoms with Crippen LogP contribution in [0.5, 0.6) is 0 Å². The van der Waals surface area contributed by atoms with Crippen LogP contribution in [0.4, 0.5) is 45.5 Å². The fourth-order valence-electron chi connectivity index (χ4n) is 15.4. The van der Waals surface area contributed by atoms with Gasteiger partial charge in [-0.15, -0.1) is 0 Å². The van der Waals surface area contributed by atoms with Crippen LogP contribution >= 0.6 is 0 Å². The van der Waals surface area contributed by atoms with Gasteiger partial charge in [-0.1, -0.05) is 174 Å². The summed E-state index contributed by atoms with van der Waals surface area (Å²) in [5.41, 5.74) is 26.8. The van der Waals surface area contributed by atoms with Gasteiger partial charge in [-0.2, -0.15) is 0 Å². The standard InChI is InChI=1S/C73H76BN3O/c1-45-38-61-66-62(39-45)77-67-55(72(12)34-19-20-35-73(72,77)13)40-48(69(5,6)7)41-57(67)74(66)56-33-32-50(42-60(56)76(61)59-44-54-53(70(8,9)36-37-71(54,10)11)43-52(59)46-22-15-14-16-23-46)75(49-30-28-47(29-31-49)68(2,3)4)58-25-21-27-64-65(58)51-24-17-18-26-63(51)78-64/h14-18,21-33,38-44H,19-20,34-37H2,1-13H3. The van der Waals surface area contributed by atoms with Crippen LogP contribution in [0, 0.1) is 6.92 Å². The number of rotatable bonds is 5. The molecule has 0 spiro atoms. The minimum Gasteiger partial charge on any atom is -0.456 e. The van der Waals surface area contributed by atoms with Crippen molar-refractivity contribution in [3.05, 3.63) is 185 Å². The second-order valence-corrected chi connectivity index (χ2v) is 28.0. The van der Waals surface area contributed by atoms with Gasteiger partial charge in [0, 0.05) is 50.5 Å². The summed E-state index contributed by atoms with van der Waals surface area (Å²) >= 11 is 0. The maximum absolute atomic E-state index is 6.67. The molecule has 8 aromatic carbocycles. The SMILES string of the molecule is Cc1cc2c3c(c1)N1c4c(cc(C(C)(C)C)cc4C4(C)CCCCC14C)B3c1ccc(N(c3ccc(C(C)(C)C)cc3)c3cccc4oc5ccccc5c34)cc1N2c1cc2c(cc1-c1ccccc1)C(C)(C)CCC2(C)C. The van der Waals surface area contributed by atoms with E-state index in [1.165, 1.54) is 109 Å². The van der Waals surface area contributed by atoms with E-state index in [9.17, 15) is 0 Å². The van der Waals surface area contributed by atoms with Crippen molar-refractivity contribution < 1.29 is 4.42 Å². The molecule has 4 nitrogen and oxygen atoms in total. The predicted molar refractivity (Wildman–Crippen MR) is 333 cm³/mol. The number of hydrogen-bond donors (Lipinski definition) is 0. The topological polar surface area (TPSA) is 22.9 Å². The van der Waals surface area contributed by atoms with Gasteiger partial charge in [0.2, 0.25) is 0 Å². The minimum atomic E-state index is -0.0850. The molecule has 0 amide bonds. The molecule has 3 aliphatic heterocycles. The van der Waals surface area contributed by atoms with Crippen LogP contribution in [-0.2, 0) is 27.1 Å². The van der Waals surface area contributed by atoms with E-state index in [2.05, 4.69) is 256 Å². The lowest BCUT2D eigenvalue weighted by Crippen LogP contribution is -2.64. The zero-order valence-electron chi connectivity index (χ0n) is 48.5. The smallest absolute Gasteiger partial charge is 0.252 e. The first-order chi connectivity index (χ1) is 37.1. The molecule has 1 fully saturated rings. The number of furan rings is 1. The second-order valence-electron chi connectivity index (χ2n) is 28.0. The lowest BCUT2D eigenvalue weighted by molar-refractivity contribution is 0.195. The van der Waals surface area contributed by atoms with E-state index in [1.807, 2.05) is 0 Å². The molecule has 0 bridgehead atoms. The van der Waals surface area contributed by atoms with Crippen molar-refractivity contribution in [3.8, 4) is 11.1 Å². The highest BCUT2D eigenvalue weighted by molar-refractivity contribution is 7.00. The highest BCUT2D eigenvalue weighted by atomic mass is 16.3. The molecule has 392 valence electrons. The van der Waals surface area contributed by atoms with E-state index >= 15 is 0 Å². The van der Waals surface area contributed by atoms with Crippen molar-refractivity contribution in [2.45, 2.75) is 161 Å². The number of nitrogens with zero attached hydrogens (tertiary/aromatic N) is 3. The maximum Gasteiger partial charge on any atom is 0.252 e. The van der Waals surface area contributed by atoms with E-state index in [1.54, 1.807) is 5.56 Å². The lowest BCUT2D eigenvalue weighted by atomic mass is 9.33. The Morgan fingerprint density at radius 3 is 1.91 bits per heavy atom. The van der Waals surface area contributed by atoms with Crippen LogP contribution < -0.4 is 31.1 Å². The Morgan fingerprint density at radius 1 is 0.526 bits per heavy atom. The zero-order chi connectivity index (χ0) is 54.2. The molecular weight excluding hydrogens is 946 g/mol. The molecule has 78 heavy (non-hydrogen) atoms. The average Bonchev–Trinajstić information content (AvgIpc) is 2.40. The number of hydrogen-bond acceptors (Lipinski definition) is 4.